The first-order chi connectivity index (χ1) is 9.22. The average Bonchev–Trinajstić information content (AvgIpc) is 2.47. The molecule has 0 radical (unpaired) electrons. The molecule has 6 heteroatoms. The van der Waals surface area contributed by atoms with Crippen molar-refractivity contribution in [3.63, 3.8) is 0 Å². The highest BCUT2D eigenvalue weighted by Gasteiger charge is 2.12. The van der Waals surface area contributed by atoms with Gasteiger partial charge in [-0.25, -0.2) is 14.4 Å². The van der Waals surface area contributed by atoms with E-state index in [-0.39, 0.29) is 11.9 Å². The number of benzene rings is 1. The Morgan fingerprint density at radius 1 is 1.26 bits per heavy atom. The lowest BCUT2D eigenvalue weighted by molar-refractivity contribution is 0.378. The van der Waals surface area contributed by atoms with Crippen molar-refractivity contribution in [1.82, 2.24) is 15.4 Å². The second-order valence-corrected chi connectivity index (χ2v) is 4.05. The number of hydrogen-bond donors (Lipinski definition) is 2. The average molecular weight is 262 g/mol. The van der Waals surface area contributed by atoms with E-state index in [1.807, 2.05) is 0 Å². The van der Waals surface area contributed by atoms with Crippen molar-refractivity contribution in [3.05, 3.63) is 53.6 Å². The van der Waals surface area contributed by atoms with Crippen molar-refractivity contribution in [3.8, 4) is 6.01 Å². The fourth-order valence-corrected chi connectivity index (χ4v) is 1.74. The van der Waals surface area contributed by atoms with Gasteiger partial charge in [-0.1, -0.05) is 12.1 Å². The number of halogens is 1. The number of hydrogen-bond acceptors (Lipinski definition) is 5. The van der Waals surface area contributed by atoms with Crippen molar-refractivity contribution < 1.29 is 9.13 Å². The topological polar surface area (TPSA) is 73.1 Å². The summed E-state index contributed by atoms with van der Waals surface area (Å²) in [6, 6.07) is 6.47. The minimum absolute atomic E-state index is 0.142. The Bertz CT molecular complexity index is 515. The van der Waals surface area contributed by atoms with Crippen LogP contribution in [0.3, 0.4) is 0 Å². The van der Waals surface area contributed by atoms with Crippen LogP contribution in [0, 0.1) is 5.82 Å². The summed E-state index contributed by atoms with van der Waals surface area (Å²) in [5.74, 6) is 5.29. The van der Waals surface area contributed by atoms with Gasteiger partial charge in [-0.3, -0.25) is 11.3 Å². The van der Waals surface area contributed by atoms with Crippen LogP contribution in [0.15, 0.2) is 36.7 Å². The van der Waals surface area contributed by atoms with Crippen LogP contribution in [0.25, 0.3) is 0 Å². The largest absolute Gasteiger partial charge is 0.467 e. The Morgan fingerprint density at radius 3 is 2.42 bits per heavy atom. The number of ether oxygens (including phenoxy) is 1. The van der Waals surface area contributed by atoms with E-state index in [1.54, 1.807) is 24.5 Å². The van der Waals surface area contributed by atoms with E-state index in [0.29, 0.717) is 12.4 Å². The molecule has 19 heavy (non-hydrogen) atoms. The molecule has 0 fully saturated rings. The van der Waals surface area contributed by atoms with Crippen LogP contribution in [0.4, 0.5) is 4.39 Å². The highest BCUT2D eigenvalue weighted by Crippen LogP contribution is 2.17. The van der Waals surface area contributed by atoms with Gasteiger partial charge < -0.3 is 4.74 Å². The highest BCUT2D eigenvalue weighted by molar-refractivity contribution is 5.21. The van der Waals surface area contributed by atoms with Crippen molar-refractivity contribution in [2.24, 2.45) is 5.84 Å². The molecule has 0 spiro atoms. The van der Waals surface area contributed by atoms with Gasteiger partial charge >= 0.3 is 6.01 Å². The van der Waals surface area contributed by atoms with Gasteiger partial charge in [0.2, 0.25) is 0 Å². The first-order valence-electron chi connectivity index (χ1n) is 5.79. The molecule has 2 rings (SSSR count). The lowest BCUT2D eigenvalue weighted by atomic mass is 10.0. The van der Waals surface area contributed by atoms with Gasteiger partial charge in [0.25, 0.3) is 0 Å². The monoisotopic (exact) mass is 262 g/mol. The smallest absolute Gasteiger partial charge is 0.316 e. The van der Waals surface area contributed by atoms with Crippen molar-refractivity contribution in [2.45, 2.75) is 12.5 Å². The Balaban J connectivity index is 2.12. The molecule has 1 unspecified atom stereocenters. The molecule has 3 N–H and O–H groups in total. The third-order valence-electron chi connectivity index (χ3n) is 2.79. The molecule has 1 atom stereocenters. The van der Waals surface area contributed by atoms with E-state index in [0.717, 1.165) is 11.1 Å². The molecular formula is C13H15FN4O. The molecule has 5 nitrogen and oxygen atoms in total. The summed E-state index contributed by atoms with van der Waals surface area (Å²) in [4.78, 5) is 8.07. The Kier molecular flexibility index (Phi) is 4.38. The van der Waals surface area contributed by atoms with Gasteiger partial charge in [0, 0.05) is 18.0 Å². The molecule has 0 aliphatic heterocycles. The van der Waals surface area contributed by atoms with Crippen molar-refractivity contribution >= 4 is 0 Å². The van der Waals surface area contributed by atoms with Gasteiger partial charge in [-0.2, -0.15) is 0 Å². The predicted octanol–water partition coefficient (Wildman–Crippen LogP) is 1.37. The third-order valence-corrected chi connectivity index (χ3v) is 2.79. The molecule has 0 saturated heterocycles. The van der Waals surface area contributed by atoms with Gasteiger partial charge in [-0.05, 0) is 24.1 Å². The molecule has 0 bridgehead atoms. The van der Waals surface area contributed by atoms with E-state index in [2.05, 4.69) is 15.4 Å². The zero-order valence-electron chi connectivity index (χ0n) is 10.5. The molecule has 0 aliphatic carbocycles. The van der Waals surface area contributed by atoms with Gasteiger partial charge in [0.15, 0.2) is 0 Å². The molecule has 1 heterocycles. The molecule has 0 aliphatic rings. The van der Waals surface area contributed by atoms with Crippen LogP contribution in [0.1, 0.15) is 17.2 Å². The molecule has 1 aromatic heterocycles. The summed E-state index contributed by atoms with van der Waals surface area (Å²) in [7, 11) is 1.51. The van der Waals surface area contributed by atoms with Crippen LogP contribution in [0.5, 0.6) is 6.01 Å². The van der Waals surface area contributed by atoms with E-state index in [4.69, 9.17) is 10.6 Å². The SMILES string of the molecule is COc1ncc(C(Cc2ccc(F)cc2)NN)cn1. The van der Waals surface area contributed by atoms with Crippen LogP contribution >= 0.6 is 0 Å². The Labute approximate surface area is 110 Å². The molecule has 0 saturated carbocycles. The molecule has 0 amide bonds. The molecule has 100 valence electrons. The summed E-state index contributed by atoms with van der Waals surface area (Å²) >= 11 is 0. The normalized spacial score (nSPS) is 12.2. The van der Waals surface area contributed by atoms with Crippen LogP contribution in [0.2, 0.25) is 0 Å². The second-order valence-electron chi connectivity index (χ2n) is 4.05. The lowest BCUT2D eigenvalue weighted by Crippen LogP contribution is -2.29. The van der Waals surface area contributed by atoms with E-state index >= 15 is 0 Å². The summed E-state index contributed by atoms with van der Waals surface area (Å²) in [5.41, 5.74) is 4.52. The number of nitrogens with zero attached hydrogens (tertiary/aromatic N) is 2. The Hall–Kier alpha value is -2.05. The summed E-state index contributed by atoms with van der Waals surface area (Å²) in [6.45, 7) is 0. The first kappa shape index (κ1) is 13.4. The van der Waals surface area contributed by atoms with E-state index in [1.165, 1.54) is 19.2 Å². The molecular weight excluding hydrogens is 247 g/mol. The fraction of sp³-hybridized carbons (Fsp3) is 0.231. The van der Waals surface area contributed by atoms with Crippen LogP contribution < -0.4 is 16.0 Å². The van der Waals surface area contributed by atoms with E-state index in [9.17, 15) is 4.39 Å². The maximum atomic E-state index is 12.8. The quantitative estimate of drug-likeness (QED) is 0.629. The summed E-state index contributed by atoms with van der Waals surface area (Å²) in [5, 5.41) is 0. The third kappa shape index (κ3) is 3.46. The summed E-state index contributed by atoms with van der Waals surface area (Å²) in [6.07, 6.45) is 3.92. The van der Waals surface area contributed by atoms with Crippen molar-refractivity contribution in [1.29, 1.82) is 0 Å². The van der Waals surface area contributed by atoms with Gasteiger partial charge in [0.05, 0.1) is 13.2 Å². The predicted molar refractivity (Wildman–Crippen MR) is 68.8 cm³/mol. The zero-order chi connectivity index (χ0) is 13.7. The maximum Gasteiger partial charge on any atom is 0.316 e. The first-order valence-corrected chi connectivity index (χ1v) is 5.79. The highest BCUT2D eigenvalue weighted by atomic mass is 19.1. The number of hydrazine groups is 1. The van der Waals surface area contributed by atoms with E-state index < -0.39 is 0 Å². The Morgan fingerprint density at radius 2 is 1.89 bits per heavy atom. The van der Waals surface area contributed by atoms with Crippen LogP contribution in [-0.4, -0.2) is 17.1 Å². The summed E-state index contributed by atoms with van der Waals surface area (Å²) < 4.78 is 17.7. The minimum Gasteiger partial charge on any atom is -0.467 e. The number of nitrogens with two attached hydrogens (primary N) is 1. The fourth-order valence-electron chi connectivity index (χ4n) is 1.74. The second kappa shape index (κ2) is 6.21. The van der Waals surface area contributed by atoms with Gasteiger partial charge in [-0.15, -0.1) is 0 Å². The van der Waals surface area contributed by atoms with Gasteiger partial charge in [0.1, 0.15) is 5.82 Å². The molecule has 1 aromatic carbocycles. The number of rotatable bonds is 5. The zero-order valence-corrected chi connectivity index (χ0v) is 10.5. The van der Waals surface area contributed by atoms with Crippen molar-refractivity contribution in [2.75, 3.05) is 7.11 Å². The maximum absolute atomic E-state index is 12.8. The standard InChI is InChI=1S/C13H15FN4O/c1-19-13-16-7-10(8-17-13)12(18-15)6-9-2-4-11(14)5-3-9/h2-5,7-8,12,18H,6,15H2,1H3. The van der Waals surface area contributed by atoms with Crippen LogP contribution in [-0.2, 0) is 6.42 Å². The number of nitrogens with one attached hydrogen (secondary N) is 1. The molecule has 2 aromatic rings. The number of aromatic nitrogens is 2. The lowest BCUT2D eigenvalue weighted by Gasteiger charge is -2.15. The number of methoxy groups -OCH3 is 1. The minimum atomic E-state index is -0.256.